The minimum atomic E-state index is -3.94. The van der Waals surface area contributed by atoms with Crippen LogP contribution >= 0.6 is 13.5 Å². The molecule has 6 aromatic rings. The fourth-order valence-electron chi connectivity index (χ4n) is 7.32. The largest absolute Gasteiger partial charge is 0.448 e. The summed E-state index contributed by atoms with van der Waals surface area (Å²) in [6, 6.07) is 53.0. The highest BCUT2D eigenvalue weighted by Crippen LogP contribution is 2.33. The van der Waals surface area contributed by atoms with Gasteiger partial charge in [-0.25, -0.2) is 13.2 Å². The third-order valence-corrected chi connectivity index (χ3v) is 12.0. The molecule has 0 saturated carbocycles. The monoisotopic (exact) mass is 757 g/mol. The molecule has 54 heavy (non-hydrogen) atoms. The summed E-state index contributed by atoms with van der Waals surface area (Å²) in [6.07, 6.45) is 1.31. The molecule has 1 saturated heterocycles. The maximum Gasteiger partial charge on any atom is 0.409 e. The zero-order valence-corrected chi connectivity index (χ0v) is 32.1. The molecule has 1 fully saturated rings. The van der Waals surface area contributed by atoms with Gasteiger partial charge in [-0.1, -0.05) is 146 Å². The average Bonchev–Trinajstić information content (AvgIpc) is 3.21. The van der Waals surface area contributed by atoms with Gasteiger partial charge in [-0.15, -0.1) is 0 Å². The van der Waals surface area contributed by atoms with Crippen LogP contribution in [-0.2, 0) is 34.3 Å². The summed E-state index contributed by atoms with van der Waals surface area (Å²) in [5.74, 6) is 0. The SMILES string of the molecule is O=C(OC[C@H](Cc1ccccc1)N(Cc1ccccc1)Cc1ccccc1)N1CCC(N(c2ccccc2)S(=O)(=O)c2cccc3ccccc23)CC1.S. The van der Waals surface area contributed by atoms with Crippen LogP contribution in [0.1, 0.15) is 29.5 Å². The summed E-state index contributed by atoms with van der Waals surface area (Å²) in [7, 11) is -3.94. The maximum absolute atomic E-state index is 14.5. The molecule has 1 atom stereocenters. The Bertz CT molecular complexity index is 2140. The third kappa shape index (κ3) is 9.34. The Hall–Kier alpha value is -5.09. The number of hydrogen-bond donors (Lipinski definition) is 0. The number of anilines is 1. The van der Waals surface area contributed by atoms with Crippen molar-refractivity contribution in [3.63, 3.8) is 0 Å². The zero-order valence-electron chi connectivity index (χ0n) is 30.3. The quantitative estimate of drug-likeness (QED) is 0.118. The zero-order chi connectivity index (χ0) is 36.5. The van der Waals surface area contributed by atoms with E-state index in [4.69, 9.17) is 4.74 Å². The highest BCUT2D eigenvalue weighted by molar-refractivity contribution is 7.93. The number of piperidine rings is 1. The Morgan fingerprint density at radius 2 is 1.15 bits per heavy atom. The first-order chi connectivity index (χ1) is 26.0. The van der Waals surface area contributed by atoms with Crippen LogP contribution in [0.2, 0.25) is 0 Å². The van der Waals surface area contributed by atoms with Gasteiger partial charge in [0.2, 0.25) is 0 Å². The number of hydrogen-bond acceptors (Lipinski definition) is 5. The number of nitrogens with zero attached hydrogens (tertiary/aromatic N) is 3. The number of rotatable bonds is 13. The van der Waals surface area contributed by atoms with Gasteiger partial charge in [-0.2, -0.15) is 13.5 Å². The van der Waals surface area contributed by atoms with Crippen molar-refractivity contribution in [2.45, 2.75) is 49.3 Å². The maximum atomic E-state index is 14.5. The van der Waals surface area contributed by atoms with Crippen molar-refractivity contribution in [1.29, 1.82) is 0 Å². The van der Waals surface area contributed by atoms with Crippen LogP contribution in [0.25, 0.3) is 10.8 Å². The van der Waals surface area contributed by atoms with Gasteiger partial charge in [0.05, 0.1) is 10.6 Å². The standard InChI is InChI=1S/C45H45N3O4S.H2S/c49-45(52-35-42(32-36-16-5-1-6-17-36)47(33-37-18-7-2-8-19-37)34-38-20-9-3-10-21-38)46-30-28-41(29-31-46)48(40-24-11-4-12-25-40)53(50,51)44-27-15-23-39-22-13-14-26-43(39)44;/h1-27,41-42H,28-35H2;1H2/t42-;/m0./s1. The molecule has 7 nitrogen and oxygen atoms in total. The minimum Gasteiger partial charge on any atom is -0.448 e. The van der Waals surface area contributed by atoms with Crippen molar-refractivity contribution in [1.82, 2.24) is 9.80 Å². The van der Waals surface area contributed by atoms with Crippen LogP contribution in [0.4, 0.5) is 10.5 Å². The number of carbonyl (C=O) groups is 1. The third-order valence-electron chi connectivity index (χ3n) is 10.0. The van der Waals surface area contributed by atoms with Crippen LogP contribution in [0.5, 0.6) is 0 Å². The van der Waals surface area contributed by atoms with E-state index in [-0.39, 0.29) is 43.2 Å². The Labute approximate surface area is 326 Å². The number of fused-ring (bicyclic) bond motifs is 1. The molecule has 0 aliphatic carbocycles. The molecule has 0 bridgehead atoms. The van der Waals surface area contributed by atoms with Gasteiger partial charge in [-0.05, 0) is 59.5 Å². The van der Waals surface area contributed by atoms with Gasteiger partial charge in [0, 0.05) is 43.6 Å². The normalized spacial score (nSPS) is 14.0. The van der Waals surface area contributed by atoms with Crippen molar-refractivity contribution in [2.24, 2.45) is 0 Å². The molecule has 0 unspecified atom stereocenters. The highest BCUT2D eigenvalue weighted by Gasteiger charge is 2.36. The average molecular weight is 758 g/mol. The van der Waals surface area contributed by atoms with Crippen molar-refractivity contribution in [2.75, 3.05) is 24.0 Å². The van der Waals surface area contributed by atoms with Crippen LogP contribution in [0.3, 0.4) is 0 Å². The summed E-state index contributed by atoms with van der Waals surface area (Å²) in [5.41, 5.74) is 4.17. The Morgan fingerprint density at radius 1 is 0.648 bits per heavy atom. The smallest absolute Gasteiger partial charge is 0.409 e. The van der Waals surface area contributed by atoms with E-state index >= 15 is 0 Å². The predicted molar refractivity (Wildman–Crippen MR) is 222 cm³/mol. The number of amides is 1. The van der Waals surface area contributed by atoms with Crippen LogP contribution in [0, 0.1) is 0 Å². The summed E-state index contributed by atoms with van der Waals surface area (Å²) in [5, 5.41) is 1.56. The second kappa shape index (κ2) is 18.3. The van der Waals surface area contributed by atoms with Gasteiger partial charge in [-0.3, -0.25) is 9.21 Å². The number of ether oxygens (including phenoxy) is 1. The Kier molecular flexibility index (Phi) is 13.1. The Balaban J connectivity index is 0.00000497. The lowest BCUT2D eigenvalue weighted by Gasteiger charge is -2.39. The number of benzene rings is 6. The van der Waals surface area contributed by atoms with Gasteiger partial charge in [0.1, 0.15) is 6.61 Å². The van der Waals surface area contributed by atoms with E-state index in [0.717, 1.165) is 5.39 Å². The molecular weight excluding hydrogens is 711 g/mol. The minimum absolute atomic E-state index is 0. The molecule has 9 heteroatoms. The Morgan fingerprint density at radius 3 is 1.74 bits per heavy atom. The van der Waals surface area contributed by atoms with Crippen molar-refractivity contribution in [3.05, 3.63) is 180 Å². The summed E-state index contributed by atoms with van der Waals surface area (Å²) < 4.78 is 36.8. The second-order valence-corrected chi connectivity index (χ2v) is 15.4. The van der Waals surface area contributed by atoms with E-state index in [0.29, 0.717) is 56.5 Å². The van der Waals surface area contributed by atoms with Crippen molar-refractivity contribution in [3.8, 4) is 0 Å². The molecule has 0 radical (unpaired) electrons. The van der Waals surface area contributed by atoms with Crippen LogP contribution in [-0.4, -0.2) is 56.1 Å². The molecule has 6 aromatic carbocycles. The summed E-state index contributed by atoms with van der Waals surface area (Å²) in [4.78, 5) is 18.2. The first-order valence-corrected chi connectivity index (χ1v) is 19.7. The second-order valence-electron chi connectivity index (χ2n) is 13.6. The van der Waals surface area contributed by atoms with Crippen LogP contribution in [0.15, 0.2) is 169 Å². The fraction of sp³-hybridized carbons (Fsp3) is 0.222. The molecular formula is C45H47N3O4S2. The van der Waals surface area contributed by atoms with E-state index in [1.807, 2.05) is 91.0 Å². The van der Waals surface area contributed by atoms with Crippen LogP contribution < -0.4 is 4.31 Å². The molecule has 1 aliphatic heterocycles. The molecule has 7 rings (SSSR count). The molecule has 0 N–H and O–H groups in total. The number of para-hydroxylation sites is 1. The fourth-order valence-corrected chi connectivity index (χ4v) is 9.25. The molecule has 0 aromatic heterocycles. The van der Waals surface area contributed by atoms with Crippen molar-refractivity contribution >= 4 is 46.1 Å². The van der Waals surface area contributed by atoms with E-state index in [9.17, 15) is 13.2 Å². The van der Waals surface area contributed by atoms with Gasteiger partial charge in [0.25, 0.3) is 10.0 Å². The first kappa shape index (κ1) is 38.6. The van der Waals surface area contributed by atoms with Gasteiger partial charge < -0.3 is 9.64 Å². The highest BCUT2D eigenvalue weighted by atomic mass is 32.2. The first-order valence-electron chi connectivity index (χ1n) is 18.3. The summed E-state index contributed by atoms with van der Waals surface area (Å²) >= 11 is 0. The van der Waals surface area contributed by atoms with E-state index in [2.05, 4.69) is 65.6 Å². The molecule has 1 heterocycles. The van der Waals surface area contributed by atoms with E-state index in [1.54, 1.807) is 21.3 Å². The summed E-state index contributed by atoms with van der Waals surface area (Å²) in [6.45, 7) is 2.41. The van der Waals surface area contributed by atoms with E-state index < -0.39 is 10.0 Å². The topological polar surface area (TPSA) is 70.2 Å². The number of carbonyl (C=O) groups excluding carboxylic acids is 1. The lowest BCUT2D eigenvalue weighted by Crippen LogP contribution is -2.49. The number of sulfonamides is 1. The molecule has 1 aliphatic rings. The van der Waals surface area contributed by atoms with Gasteiger partial charge >= 0.3 is 6.09 Å². The van der Waals surface area contributed by atoms with Gasteiger partial charge in [0.15, 0.2) is 0 Å². The lowest BCUT2D eigenvalue weighted by molar-refractivity contribution is 0.0540. The molecule has 0 spiro atoms. The number of likely N-dealkylation sites (tertiary alicyclic amines) is 1. The molecule has 278 valence electrons. The predicted octanol–water partition coefficient (Wildman–Crippen LogP) is 9.06. The van der Waals surface area contributed by atoms with E-state index in [1.165, 1.54) is 16.7 Å². The molecule has 1 amide bonds. The van der Waals surface area contributed by atoms with Crippen molar-refractivity contribution < 1.29 is 17.9 Å². The lowest BCUT2D eigenvalue weighted by atomic mass is 10.0.